The topological polar surface area (TPSA) is 71.3 Å². The van der Waals surface area contributed by atoms with E-state index in [4.69, 9.17) is 4.42 Å². The van der Waals surface area contributed by atoms with E-state index < -0.39 is 5.91 Å². The molecule has 0 spiro atoms. The molecule has 2 amide bonds. The van der Waals surface area contributed by atoms with E-state index in [0.29, 0.717) is 17.1 Å². The minimum atomic E-state index is -0.403. The van der Waals surface area contributed by atoms with Crippen LogP contribution in [0.5, 0.6) is 0 Å². The van der Waals surface area contributed by atoms with Crippen molar-refractivity contribution in [1.29, 1.82) is 0 Å². The SMILES string of the molecule is CC(C)CCNC(=O)CNC(=O)c1ccc(Br)o1. The van der Waals surface area contributed by atoms with Crippen LogP contribution < -0.4 is 10.6 Å². The predicted molar refractivity (Wildman–Crippen MR) is 71.2 cm³/mol. The molecule has 0 aromatic carbocycles. The van der Waals surface area contributed by atoms with Crippen molar-refractivity contribution in [1.82, 2.24) is 10.6 Å². The summed E-state index contributed by atoms with van der Waals surface area (Å²) < 4.78 is 5.54. The van der Waals surface area contributed by atoms with Crippen LogP contribution in [0.15, 0.2) is 21.2 Å². The third-order valence-electron chi connectivity index (χ3n) is 2.25. The van der Waals surface area contributed by atoms with Gasteiger partial charge >= 0.3 is 0 Å². The van der Waals surface area contributed by atoms with Crippen LogP contribution in [0.4, 0.5) is 0 Å². The molecular weight excluding hydrogens is 300 g/mol. The second-order valence-electron chi connectivity index (χ2n) is 4.32. The van der Waals surface area contributed by atoms with Gasteiger partial charge in [0.15, 0.2) is 10.4 Å². The lowest BCUT2D eigenvalue weighted by Crippen LogP contribution is -2.37. The second-order valence-corrected chi connectivity index (χ2v) is 5.10. The zero-order chi connectivity index (χ0) is 13.5. The van der Waals surface area contributed by atoms with Gasteiger partial charge in [-0.3, -0.25) is 9.59 Å². The number of hydrogen-bond acceptors (Lipinski definition) is 3. The van der Waals surface area contributed by atoms with Crippen molar-refractivity contribution in [2.24, 2.45) is 5.92 Å². The van der Waals surface area contributed by atoms with Crippen molar-refractivity contribution in [2.45, 2.75) is 20.3 Å². The third-order valence-corrected chi connectivity index (χ3v) is 2.68. The Morgan fingerprint density at radius 3 is 2.61 bits per heavy atom. The largest absolute Gasteiger partial charge is 0.444 e. The highest BCUT2D eigenvalue weighted by Crippen LogP contribution is 2.13. The highest BCUT2D eigenvalue weighted by Gasteiger charge is 2.11. The van der Waals surface area contributed by atoms with Gasteiger partial charge in [0.2, 0.25) is 5.91 Å². The maximum atomic E-state index is 11.5. The molecular formula is C12H17BrN2O3. The zero-order valence-electron chi connectivity index (χ0n) is 10.5. The molecule has 6 heteroatoms. The number of furan rings is 1. The lowest BCUT2D eigenvalue weighted by atomic mass is 10.1. The molecule has 18 heavy (non-hydrogen) atoms. The monoisotopic (exact) mass is 316 g/mol. The van der Waals surface area contributed by atoms with Gasteiger partial charge in [-0.2, -0.15) is 0 Å². The average Bonchev–Trinajstić information content (AvgIpc) is 2.72. The fourth-order valence-electron chi connectivity index (χ4n) is 1.25. The van der Waals surface area contributed by atoms with Gasteiger partial charge in [0.1, 0.15) is 0 Å². The van der Waals surface area contributed by atoms with Crippen LogP contribution in [0.3, 0.4) is 0 Å². The van der Waals surface area contributed by atoms with Crippen LogP contribution >= 0.6 is 15.9 Å². The summed E-state index contributed by atoms with van der Waals surface area (Å²) in [6.07, 6.45) is 0.921. The molecule has 0 atom stereocenters. The normalized spacial score (nSPS) is 10.4. The van der Waals surface area contributed by atoms with Crippen LogP contribution in [0.2, 0.25) is 0 Å². The van der Waals surface area contributed by atoms with E-state index in [2.05, 4.69) is 40.4 Å². The highest BCUT2D eigenvalue weighted by atomic mass is 79.9. The third kappa shape index (κ3) is 5.35. The first-order valence-electron chi connectivity index (χ1n) is 5.79. The zero-order valence-corrected chi connectivity index (χ0v) is 12.0. The van der Waals surface area contributed by atoms with Crippen molar-refractivity contribution >= 4 is 27.7 Å². The molecule has 100 valence electrons. The predicted octanol–water partition coefficient (Wildman–Crippen LogP) is 1.93. The summed E-state index contributed by atoms with van der Waals surface area (Å²) >= 11 is 3.10. The molecule has 2 N–H and O–H groups in total. The smallest absolute Gasteiger partial charge is 0.287 e. The van der Waals surface area contributed by atoms with Crippen molar-refractivity contribution in [3.63, 3.8) is 0 Å². The van der Waals surface area contributed by atoms with Crippen molar-refractivity contribution in [3.8, 4) is 0 Å². The van der Waals surface area contributed by atoms with Crippen LogP contribution in [-0.2, 0) is 4.79 Å². The molecule has 1 aromatic rings. The average molecular weight is 317 g/mol. The van der Waals surface area contributed by atoms with Gasteiger partial charge < -0.3 is 15.1 Å². The van der Waals surface area contributed by atoms with Crippen LogP contribution in [0.1, 0.15) is 30.8 Å². The Hall–Kier alpha value is -1.30. The summed E-state index contributed by atoms with van der Waals surface area (Å²) in [5, 5.41) is 5.22. The molecule has 1 aromatic heterocycles. The molecule has 5 nitrogen and oxygen atoms in total. The van der Waals surface area contributed by atoms with E-state index in [1.54, 1.807) is 6.07 Å². The fourth-order valence-corrected chi connectivity index (χ4v) is 1.55. The number of hydrogen-bond donors (Lipinski definition) is 2. The molecule has 0 saturated heterocycles. The van der Waals surface area contributed by atoms with Gasteiger partial charge in [-0.25, -0.2) is 0 Å². The minimum Gasteiger partial charge on any atom is -0.444 e. The van der Waals surface area contributed by atoms with Gasteiger partial charge in [0.05, 0.1) is 6.54 Å². The highest BCUT2D eigenvalue weighted by molar-refractivity contribution is 9.10. The summed E-state index contributed by atoms with van der Waals surface area (Å²) in [6.45, 7) is 4.75. The Bertz CT molecular complexity index is 415. The van der Waals surface area contributed by atoms with Crippen molar-refractivity contribution in [3.05, 3.63) is 22.6 Å². The summed E-state index contributed by atoms with van der Waals surface area (Å²) in [5.74, 6) is 0.117. The maximum Gasteiger partial charge on any atom is 0.287 e. The van der Waals surface area contributed by atoms with Crippen LogP contribution in [0.25, 0.3) is 0 Å². The fraction of sp³-hybridized carbons (Fsp3) is 0.500. The van der Waals surface area contributed by atoms with Crippen molar-refractivity contribution in [2.75, 3.05) is 13.1 Å². The first-order valence-corrected chi connectivity index (χ1v) is 6.58. The number of halogens is 1. The lowest BCUT2D eigenvalue weighted by molar-refractivity contribution is -0.120. The molecule has 0 aliphatic heterocycles. The van der Waals surface area contributed by atoms with E-state index in [-0.39, 0.29) is 18.2 Å². The maximum absolute atomic E-state index is 11.5. The Labute approximate surface area is 114 Å². The van der Waals surface area contributed by atoms with E-state index in [1.807, 2.05) is 0 Å². The molecule has 0 saturated carbocycles. The van der Waals surface area contributed by atoms with Gasteiger partial charge in [-0.15, -0.1) is 0 Å². The molecule has 0 aliphatic carbocycles. The Morgan fingerprint density at radius 1 is 1.33 bits per heavy atom. The summed E-state index contributed by atoms with van der Waals surface area (Å²) in [4.78, 5) is 22.9. The van der Waals surface area contributed by atoms with Gasteiger partial charge in [0, 0.05) is 6.54 Å². The number of rotatable bonds is 6. The van der Waals surface area contributed by atoms with Crippen LogP contribution in [-0.4, -0.2) is 24.9 Å². The lowest BCUT2D eigenvalue weighted by Gasteiger charge is -2.07. The number of carbonyl (C=O) groups is 2. The quantitative estimate of drug-likeness (QED) is 0.842. The first kappa shape index (κ1) is 14.8. The molecule has 0 fully saturated rings. The van der Waals surface area contributed by atoms with Gasteiger partial charge in [-0.05, 0) is 40.4 Å². The molecule has 0 radical (unpaired) electrons. The van der Waals surface area contributed by atoms with Gasteiger partial charge in [0.25, 0.3) is 5.91 Å². The number of carbonyl (C=O) groups excluding carboxylic acids is 2. The summed E-state index contributed by atoms with van der Waals surface area (Å²) in [5.41, 5.74) is 0. The van der Waals surface area contributed by atoms with E-state index in [0.717, 1.165) is 6.42 Å². The molecule has 1 rings (SSSR count). The van der Waals surface area contributed by atoms with Gasteiger partial charge in [-0.1, -0.05) is 13.8 Å². The van der Waals surface area contributed by atoms with E-state index >= 15 is 0 Å². The summed E-state index contributed by atoms with van der Waals surface area (Å²) in [7, 11) is 0. The number of amides is 2. The molecule has 0 aliphatic rings. The Balaban J connectivity index is 2.24. The number of nitrogens with one attached hydrogen (secondary N) is 2. The van der Waals surface area contributed by atoms with E-state index in [1.165, 1.54) is 6.07 Å². The Morgan fingerprint density at radius 2 is 2.06 bits per heavy atom. The van der Waals surface area contributed by atoms with Crippen LogP contribution in [0, 0.1) is 5.92 Å². The molecule has 0 unspecified atom stereocenters. The standard InChI is InChI=1S/C12H17BrN2O3/c1-8(2)5-6-14-11(16)7-15-12(17)9-3-4-10(13)18-9/h3-4,8H,5-7H2,1-2H3,(H,14,16)(H,15,17). The minimum absolute atomic E-state index is 0.0464. The molecule has 0 bridgehead atoms. The summed E-state index contributed by atoms with van der Waals surface area (Å²) in [6, 6.07) is 3.16. The second kappa shape index (κ2) is 7.20. The molecule has 1 heterocycles. The van der Waals surface area contributed by atoms with E-state index in [9.17, 15) is 9.59 Å². The van der Waals surface area contributed by atoms with Crippen molar-refractivity contribution < 1.29 is 14.0 Å². The Kier molecular flexibility index (Phi) is 5.91. The first-order chi connectivity index (χ1) is 8.49.